The number of anilines is 1. The van der Waals surface area contributed by atoms with E-state index < -0.39 is 32.2 Å². The fourth-order valence-corrected chi connectivity index (χ4v) is 4.35. The van der Waals surface area contributed by atoms with Gasteiger partial charge in [0.05, 0.1) is 0 Å². The van der Waals surface area contributed by atoms with E-state index >= 15 is 0 Å². The molecule has 2 unspecified atom stereocenters. The fourth-order valence-electron chi connectivity index (χ4n) is 2.62. The number of hydrogen-bond donors (Lipinski definition) is 1. The van der Waals surface area contributed by atoms with Gasteiger partial charge in [0.1, 0.15) is 16.4 Å². The standard InChI is InChI=1S/C13H18F2N2O2S/c1-8-5-6-17(9(2)7-8)20(18,19)11-4-3-10(14)13(16)12(11)15/h3-4,8-9H,5-7,16H2,1-2H3. The predicted octanol–water partition coefficient (Wildman–Crippen LogP) is 2.36. The van der Waals surface area contributed by atoms with Gasteiger partial charge in [-0.25, -0.2) is 17.2 Å². The van der Waals surface area contributed by atoms with E-state index in [1.54, 1.807) is 6.92 Å². The number of nitrogens with zero attached hydrogens (tertiary/aromatic N) is 1. The van der Waals surface area contributed by atoms with Crippen LogP contribution in [-0.2, 0) is 10.0 Å². The van der Waals surface area contributed by atoms with Crippen LogP contribution in [0.5, 0.6) is 0 Å². The first-order valence-electron chi connectivity index (χ1n) is 6.50. The lowest BCUT2D eigenvalue weighted by Crippen LogP contribution is -2.44. The molecule has 7 heteroatoms. The van der Waals surface area contributed by atoms with Crippen molar-refractivity contribution in [1.82, 2.24) is 4.31 Å². The molecule has 20 heavy (non-hydrogen) atoms. The van der Waals surface area contributed by atoms with Crippen LogP contribution >= 0.6 is 0 Å². The quantitative estimate of drug-likeness (QED) is 0.853. The van der Waals surface area contributed by atoms with Crippen LogP contribution in [0.4, 0.5) is 14.5 Å². The first-order chi connectivity index (χ1) is 9.25. The average molecular weight is 304 g/mol. The molecule has 1 aliphatic rings. The van der Waals surface area contributed by atoms with Crippen LogP contribution in [0.2, 0.25) is 0 Å². The number of benzene rings is 1. The van der Waals surface area contributed by atoms with Crippen molar-refractivity contribution in [2.45, 2.75) is 37.6 Å². The maximum absolute atomic E-state index is 13.9. The molecule has 4 nitrogen and oxygen atoms in total. The second-order valence-corrected chi connectivity index (χ2v) is 7.23. The first kappa shape index (κ1) is 15.2. The average Bonchev–Trinajstić information content (AvgIpc) is 2.35. The third-order valence-corrected chi connectivity index (χ3v) is 5.79. The highest BCUT2D eigenvalue weighted by atomic mass is 32.2. The van der Waals surface area contributed by atoms with Crippen LogP contribution in [0.3, 0.4) is 0 Å². The number of rotatable bonds is 2. The molecule has 1 aliphatic heterocycles. The van der Waals surface area contributed by atoms with Crippen LogP contribution in [0.25, 0.3) is 0 Å². The van der Waals surface area contributed by atoms with Crippen molar-refractivity contribution in [2.24, 2.45) is 5.92 Å². The van der Waals surface area contributed by atoms with Crippen molar-refractivity contribution in [3.05, 3.63) is 23.8 Å². The Labute approximate surface area is 117 Å². The van der Waals surface area contributed by atoms with Gasteiger partial charge >= 0.3 is 0 Å². The predicted molar refractivity (Wildman–Crippen MR) is 72.5 cm³/mol. The Morgan fingerprint density at radius 3 is 2.55 bits per heavy atom. The van der Waals surface area contributed by atoms with Crippen molar-refractivity contribution < 1.29 is 17.2 Å². The molecular weight excluding hydrogens is 286 g/mol. The smallest absolute Gasteiger partial charge is 0.246 e. The summed E-state index contributed by atoms with van der Waals surface area (Å²) in [5.41, 5.74) is 4.47. The van der Waals surface area contributed by atoms with E-state index in [4.69, 9.17) is 5.73 Å². The molecule has 1 fully saturated rings. The lowest BCUT2D eigenvalue weighted by atomic mass is 9.95. The molecular formula is C13H18F2N2O2S. The van der Waals surface area contributed by atoms with Crippen molar-refractivity contribution in [3.8, 4) is 0 Å². The lowest BCUT2D eigenvalue weighted by Gasteiger charge is -2.35. The SMILES string of the molecule is CC1CCN(S(=O)(=O)c2ccc(F)c(N)c2F)C(C)C1. The molecule has 1 aromatic rings. The third-order valence-electron chi connectivity index (χ3n) is 3.76. The maximum atomic E-state index is 13.9. The van der Waals surface area contributed by atoms with E-state index in [0.717, 1.165) is 25.0 Å². The zero-order valence-electron chi connectivity index (χ0n) is 11.4. The highest BCUT2D eigenvalue weighted by Gasteiger charge is 2.35. The molecule has 2 N–H and O–H groups in total. The molecule has 0 radical (unpaired) electrons. The topological polar surface area (TPSA) is 63.4 Å². The van der Waals surface area contributed by atoms with Crippen LogP contribution in [0.15, 0.2) is 17.0 Å². The molecule has 112 valence electrons. The van der Waals surface area contributed by atoms with Crippen LogP contribution in [-0.4, -0.2) is 25.3 Å². The molecule has 0 saturated carbocycles. The van der Waals surface area contributed by atoms with Crippen LogP contribution < -0.4 is 5.73 Å². The minimum Gasteiger partial charge on any atom is -0.394 e. The van der Waals surface area contributed by atoms with Gasteiger partial charge in [0, 0.05) is 12.6 Å². The number of hydrogen-bond acceptors (Lipinski definition) is 3. The van der Waals surface area contributed by atoms with Crippen LogP contribution in [0.1, 0.15) is 26.7 Å². The summed E-state index contributed by atoms with van der Waals surface area (Å²) in [6, 6.07) is 1.60. The number of sulfonamides is 1. The molecule has 0 amide bonds. The first-order valence-corrected chi connectivity index (χ1v) is 7.94. The van der Waals surface area contributed by atoms with Crippen molar-refractivity contribution in [2.75, 3.05) is 12.3 Å². The zero-order chi connectivity index (χ0) is 15.1. The Morgan fingerprint density at radius 1 is 1.30 bits per heavy atom. The van der Waals surface area contributed by atoms with Gasteiger partial charge in [-0.2, -0.15) is 4.31 Å². The summed E-state index contributed by atoms with van der Waals surface area (Å²) in [4.78, 5) is -0.558. The second kappa shape index (κ2) is 5.29. The van der Waals surface area contributed by atoms with Crippen LogP contribution in [0, 0.1) is 17.6 Å². The summed E-state index contributed by atoms with van der Waals surface area (Å²) in [5.74, 6) is -1.74. The highest BCUT2D eigenvalue weighted by Crippen LogP contribution is 2.31. The van der Waals surface area contributed by atoms with E-state index in [2.05, 4.69) is 6.92 Å². The summed E-state index contributed by atoms with van der Waals surface area (Å²) >= 11 is 0. The van der Waals surface area contributed by atoms with E-state index in [0.29, 0.717) is 12.5 Å². The molecule has 0 aliphatic carbocycles. The fraction of sp³-hybridized carbons (Fsp3) is 0.538. The van der Waals surface area contributed by atoms with E-state index in [1.807, 2.05) is 0 Å². The van der Waals surface area contributed by atoms with Crippen molar-refractivity contribution in [3.63, 3.8) is 0 Å². The van der Waals surface area contributed by atoms with Gasteiger partial charge in [-0.05, 0) is 37.8 Å². The number of halogens is 2. The number of piperidine rings is 1. The largest absolute Gasteiger partial charge is 0.394 e. The summed E-state index contributed by atoms with van der Waals surface area (Å²) in [6.45, 7) is 4.18. The Morgan fingerprint density at radius 2 is 1.95 bits per heavy atom. The Hall–Kier alpha value is -1.21. The van der Waals surface area contributed by atoms with E-state index in [9.17, 15) is 17.2 Å². The third kappa shape index (κ3) is 2.52. The summed E-state index contributed by atoms with van der Waals surface area (Å²) in [6.07, 6.45) is 1.44. The van der Waals surface area contributed by atoms with Crippen molar-refractivity contribution in [1.29, 1.82) is 0 Å². The minimum absolute atomic E-state index is 0.213. The van der Waals surface area contributed by atoms with E-state index in [1.165, 1.54) is 4.31 Å². The maximum Gasteiger partial charge on any atom is 0.246 e. The highest BCUT2D eigenvalue weighted by molar-refractivity contribution is 7.89. The molecule has 0 aromatic heterocycles. The molecule has 0 spiro atoms. The second-order valence-electron chi connectivity index (χ2n) is 5.37. The van der Waals surface area contributed by atoms with Gasteiger partial charge in [-0.15, -0.1) is 0 Å². The zero-order valence-corrected chi connectivity index (χ0v) is 12.3. The Kier molecular flexibility index (Phi) is 4.02. The van der Waals surface area contributed by atoms with Gasteiger partial charge in [0.2, 0.25) is 10.0 Å². The lowest BCUT2D eigenvalue weighted by molar-refractivity contribution is 0.219. The number of nitrogen functional groups attached to an aromatic ring is 1. The Bertz CT molecular complexity index is 619. The molecule has 1 saturated heterocycles. The van der Waals surface area contributed by atoms with Gasteiger partial charge in [0.15, 0.2) is 5.82 Å². The van der Waals surface area contributed by atoms with Gasteiger partial charge in [-0.1, -0.05) is 6.92 Å². The Balaban J connectivity index is 2.43. The van der Waals surface area contributed by atoms with Gasteiger partial charge in [0.25, 0.3) is 0 Å². The summed E-state index contributed by atoms with van der Waals surface area (Å²) in [7, 11) is -3.99. The minimum atomic E-state index is -3.99. The van der Waals surface area contributed by atoms with Gasteiger partial charge < -0.3 is 5.73 Å². The van der Waals surface area contributed by atoms with Crippen molar-refractivity contribution >= 4 is 15.7 Å². The summed E-state index contributed by atoms with van der Waals surface area (Å²) in [5, 5.41) is 0. The number of nitrogens with two attached hydrogens (primary N) is 1. The molecule has 0 bridgehead atoms. The monoisotopic (exact) mass is 304 g/mol. The molecule has 1 aromatic carbocycles. The molecule has 2 rings (SSSR count). The summed E-state index contributed by atoms with van der Waals surface area (Å²) < 4.78 is 53.4. The molecule has 1 heterocycles. The molecule has 2 atom stereocenters. The van der Waals surface area contributed by atoms with Gasteiger partial charge in [-0.3, -0.25) is 0 Å². The normalized spacial score (nSPS) is 24.8. The van der Waals surface area contributed by atoms with E-state index in [-0.39, 0.29) is 6.04 Å².